The van der Waals surface area contributed by atoms with Gasteiger partial charge in [0, 0.05) is 18.3 Å². The maximum Gasteiger partial charge on any atom is 0.127 e. The second-order valence-corrected chi connectivity index (χ2v) is 2.44. The lowest BCUT2D eigenvalue weighted by Gasteiger charge is -2.04. The number of hydrogen-bond donors (Lipinski definition) is 0. The Morgan fingerprint density at radius 3 is 3.00 bits per heavy atom. The molecule has 0 N–H and O–H groups in total. The number of aldehydes is 1. The second kappa shape index (κ2) is 3.86. The minimum Gasteiger partial charge on any atom is -0.303 e. The van der Waals surface area contributed by atoms with Crippen LogP contribution in [0.4, 0.5) is 0 Å². The van der Waals surface area contributed by atoms with Gasteiger partial charge in [0.05, 0.1) is 0 Å². The van der Waals surface area contributed by atoms with Crippen LogP contribution < -0.4 is 0 Å². The summed E-state index contributed by atoms with van der Waals surface area (Å²) in [6.45, 7) is 1.99. The van der Waals surface area contributed by atoms with E-state index in [4.69, 9.17) is 0 Å². The predicted octanol–water partition coefficient (Wildman–Crippen LogP) is 1.77. The average molecular weight is 149 g/mol. The summed E-state index contributed by atoms with van der Waals surface area (Å²) in [6.07, 6.45) is 5.26. The molecule has 0 fully saturated rings. The topological polar surface area (TPSA) is 30.0 Å². The van der Waals surface area contributed by atoms with Gasteiger partial charge >= 0.3 is 0 Å². The van der Waals surface area contributed by atoms with Gasteiger partial charge < -0.3 is 4.79 Å². The molecular formula is C9H11NO. The number of aromatic nitrogens is 1. The predicted molar refractivity (Wildman–Crippen MR) is 43.3 cm³/mol. The van der Waals surface area contributed by atoms with E-state index in [-0.39, 0.29) is 5.92 Å². The lowest BCUT2D eigenvalue weighted by Crippen LogP contribution is -1.97. The van der Waals surface area contributed by atoms with E-state index < -0.39 is 0 Å². The van der Waals surface area contributed by atoms with Crippen molar-refractivity contribution in [1.82, 2.24) is 4.98 Å². The maximum atomic E-state index is 10.5. The number of carbonyl (C=O) groups is 1. The van der Waals surface area contributed by atoms with Crippen molar-refractivity contribution in [2.45, 2.75) is 19.3 Å². The van der Waals surface area contributed by atoms with Gasteiger partial charge in [-0.2, -0.15) is 0 Å². The van der Waals surface area contributed by atoms with Gasteiger partial charge in [-0.25, -0.2) is 0 Å². The van der Waals surface area contributed by atoms with E-state index in [0.717, 1.165) is 18.3 Å². The number of rotatable bonds is 3. The van der Waals surface area contributed by atoms with Crippen LogP contribution >= 0.6 is 0 Å². The fraction of sp³-hybridized carbons (Fsp3) is 0.333. The minimum atomic E-state index is 0.0173. The summed E-state index contributed by atoms with van der Waals surface area (Å²) in [5.41, 5.74) is 1.00. The first-order valence-corrected chi connectivity index (χ1v) is 3.73. The summed E-state index contributed by atoms with van der Waals surface area (Å²) in [5.74, 6) is 0.0173. The molecule has 0 amide bonds. The molecule has 1 heterocycles. The zero-order chi connectivity index (χ0) is 8.10. The Morgan fingerprint density at radius 2 is 2.55 bits per heavy atom. The fourth-order valence-electron chi connectivity index (χ4n) is 1.01. The van der Waals surface area contributed by atoms with Crippen LogP contribution in [0.25, 0.3) is 0 Å². The third kappa shape index (κ3) is 1.87. The van der Waals surface area contributed by atoms with Crippen molar-refractivity contribution in [3.63, 3.8) is 0 Å². The molecule has 1 atom stereocenters. The van der Waals surface area contributed by atoms with E-state index in [2.05, 4.69) is 4.98 Å². The van der Waals surface area contributed by atoms with Crippen molar-refractivity contribution in [1.29, 1.82) is 0 Å². The molecule has 0 spiro atoms. The summed E-state index contributed by atoms with van der Waals surface area (Å²) in [5, 5.41) is 0. The fourth-order valence-corrected chi connectivity index (χ4v) is 1.01. The largest absolute Gasteiger partial charge is 0.303 e. The van der Waals surface area contributed by atoms with Gasteiger partial charge in [-0.15, -0.1) is 0 Å². The Balaban J connectivity index is 2.82. The molecule has 11 heavy (non-hydrogen) atoms. The lowest BCUT2D eigenvalue weighted by atomic mass is 10.0. The van der Waals surface area contributed by atoms with E-state index in [1.807, 2.05) is 19.1 Å². The van der Waals surface area contributed by atoms with Crippen LogP contribution in [0.1, 0.15) is 24.8 Å². The second-order valence-electron chi connectivity index (χ2n) is 2.44. The van der Waals surface area contributed by atoms with Gasteiger partial charge in [-0.1, -0.05) is 13.0 Å². The van der Waals surface area contributed by atoms with E-state index >= 15 is 0 Å². The quantitative estimate of drug-likeness (QED) is 0.613. The van der Waals surface area contributed by atoms with Crippen molar-refractivity contribution >= 4 is 6.29 Å². The molecule has 0 radical (unpaired) electrons. The molecule has 0 aliphatic carbocycles. The van der Waals surface area contributed by atoms with Crippen LogP contribution in [-0.4, -0.2) is 11.3 Å². The van der Waals surface area contributed by atoms with E-state index in [1.165, 1.54) is 0 Å². The van der Waals surface area contributed by atoms with Crippen molar-refractivity contribution in [2.75, 3.05) is 0 Å². The highest BCUT2D eigenvalue weighted by molar-refractivity contribution is 5.61. The molecule has 2 heteroatoms. The van der Waals surface area contributed by atoms with Crippen LogP contribution in [-0.2, 0) is 4.79 Å². The van der Waals surface area contributed by atoms with Crippen molar-refractivity contribution in [3.8, 4) is 0 Å². The summed E-state index contributed by atoms with van der Waals surface area (Å²) in [6, 6.07) is 3.77. The SMILES string of the molecule is CCC(C=O)c1cccnc1. The number of hydrogen-bond acceptors (Lipinski definition) is 2. The highest BCUT2D eigenvalue weighted by Crippen LogP contribution is 2.14. The molecule has 0 bridgehead atoms. The first kappa shape index (κ1) is 7.92. The summed E-state index contributed by atoms with van der Waals surface area (Å²) >= 11 is 0. The summed E-state index contributed by atoms with van der Waals surface area (Å²) in [4.78, 5) is 14.5. The first-order valence-electron chi connectivity index (χ1n) is 3.73. The standard InChI is InChI=1S/C9H11NO/c1-2-8(7-11)9-4-3-5-10-6-9/h3-8H,2H2,1H3. The molecule has 58 valence electrons. The Bertz CT molecular complexity index is 220. The summed E-state index contributed by atoms with van der Waals surface area (Å²) < 4.78 is 0. The van der Waals surface area contributed by atoms with Crippen LogP contribution in [0.2, 0.25) is 0 Å². The zero-order valence-electron chi connectivity index (χ0n) is 6.53. The number of nitrogens with zero attached hydrogens (tertiary/aromatic N) is 1. The molecule has 1 rings (SSSR count). The highest BCUT2D eigenvalue weighted by atomic mass is 16.1. The van der Waals surface area contributed by atoms with Crippen molar-refractivity contribution < 1.29 is 4.79 Å². The van der Waals surface area contributed by atoms with Gasteiger partial charge in [0.1, 0.15) is 6.29 Å². The van der Waals surface area contributed by atoms with Crippen molar-refractivity contribution in [3.05, 3.63) is 30.1 Å². The Kier molecular flexibility index (Phi) is 2.78. The molecule has 2 nitrogen and oxygen atoms in total. The van der Waals surface area contributed by atoms with Gasteiger partial charge in [-0.05, 0) is 18.1 Å². The van der Waals surface area contributed by atoms with Crippen LogP contribution in [0.5, 0.6) is 0 Å². The van der Waals surface area contributed by atoms with Crippen LogP contribution in [0.3, 0.4) is 0 Å². The Morgan fingerprint density at radius 1 is 1.73 bits per heavy atom. The number of carbonyl (C=O) groups excluding carboxylic acids is 1. The average Bonchev–Trinajstić information content (AvgIpc) is 2.09. The normalized spacial score (nSPS) is 12.5. The van der Waals surface area contributed by atoms with E-state index in [9.17, 15) is 4.79 Å². The van der Waals surface area contributed by atoms with Gasteiger partial charge in [0.25, 0.3) is 0 Å². The van der Waals surface area contributed by atoms with Gasteiger partial charge in [-0.3, -0.25) is 4.98 Å². The molecule has 0 aliphatic heterocycles. The lowest BCUT2D eigenvalue weighted by molar-refractivity contribution is -0.109. The third-order valence-electron chi connectivity index (χ3n) is 1.72. The molecule has 0 aliphatic rings. The van der Waals surface area contributed by atoms with E-state index in [0.29, 0.717) is 0 Å². The summed E-state index contributed by atoms with van der Waals surface area (Å²) in [7, 11) is 0. The molecule has 1 unspecified atom stereocenters. The smallest absolute Gasteiger partial charge is 0.127 e. The van der Waals surface area contributed by atoms with Gasteiger partial charge in [0.15, 0.2) is 0 Å². The number of pyridine rings is 1. The molecule has 0 saturated heterocycles. The minimum absolute atomic E-state index is 0.0173. The monoisotopic (exact) mass is 149 g/mol. The molecule has 0 aromatic carbocycles. The van der Waals surface area contributed by atoms with E-state index in [1.54, 1.807) is 12.4 Å². The van der Waals surface area contributed by atoms with Crippen LogP contribution in [0, 0.1) is 0 Å². The molecule has 0 saturated carbocycles. The Labute approximate surface area is 66.3 Å². The van der Waals surface area contributed by atoms with Crippen molar-refractivity contribution in [2.24, 2.45) is 0 Å². The molecule has 1 aromatic heterocycles. The van der Waals surface area contributed by atoms with Crippen LogP contribution in [0.15, 0.2) is 24.5 Å². The first-order chi connectivity index (χ1) is 5.38. The Hall–Kier alpha value is -1.18. The third-order valence-corrected chi connectivity index (χ3v) is 1.72. The maximum absolute atomic E-state index is 10.5. The highest BCUT2D eigenvalue weighted by Gasteiger charge is 2.05. The zero-order valence-corrected chi connectivity index (χ0v) is 6.53. The molecule has 1 aromatic rings. The molecular weight excluding hydrogens is 138 g/mol. The van der Waals surface area contributed by atoms with Gasteiger partial charge in [0.2, 0.25) is 0 Å².